The van der Waals surface area contributed by atoms with Crippen LogP contribution in [0.5, 0.6) is 0 Å². The van der Waals surface area contributed by atoms with E-state index in [2.05, 4.69) is 36.3 Å². The number of sulfone groups is 2. The van der Waals surface area contributed by atoms with E-state index in [4.69, 9.17) is 23.2 Å². The Hall–Kier alpha value is -4.04. The number of hydrazone groups is 2. The molecule has 11 nitrogen and oxygen atoms in total. The van der Waals surface area contributed by atoms with E-state index >= 15 is 0 Å². The Morgan fingerprint density at radius 2 is 1.05 bits per heavy atom. The molecular weight excluding hydrogens is 633 g/mol. The molecule has 0 unspecified atom stereocenters. The number of hydrogen-bond acceptors (Lipinski definition) is 11. The molecule has 4 rings (SSSR count). The predicted octanol–water partition coefficient (Wildman–Crippen LogP) is 6.01. The Morgan fingerprint density at radius 1 is 0.651 bits per heavy atom. The van der Waals surface area contributed by atoms with Crippen molar-refractivity contribution in [2.75, 3.05) is 28.7 Å². The van der Waals surface area contributed by atoms with Gasteiger partial charge in [-0.05, 0) is 67.4 Å². The van der Waals surface area contributed by atoms with Crippen LogP contribution in [-0.4, -0.2) is 50.7 Å². The summed E-state index contributed by atoms with van der Waals surface area (Å²) in [5.41, 5.74) is 8.93. The van der Waals surface area contributed by atoms with Crippen molar-refractivity contribution in [3.05, 3.63) is 94.0 Å². The lowest BCUT2D eigenvalue weighted by molar-refractivity contribution is 0.600. The molecule has 0 aliphatic rings. The molecule has 1 heterocycles. The molecule has 0 aliphatic heterocycles. The molecule has 43 heavy (non-hydrogen) atoms. The molecule has 224 valence electrons. The van der Waals surface area contributed by atoms with E-state index in [1.807, 2.05) is 0 Å². The number of hydrogen-bond donors (Lipinski definition) is 3. The topological polar surface area (TPSA) is 155 Å². The molecule has 0 aliphatic carbocycles. The number of nitrogens with zero attached hydrogens (tertiary/aromatic N) is 4. The van der Waals surface area contributed by atoms with E-state index in [0.29, 0.717) is 49.9 Å². The van der Waals surface area contributed by atoms with Gasteiger partial charge in [-0.25, -0.2) is 16.8 Å². The Labute approximate surface area is 259 Å². The van der Waals surface area contributed by atoms with Gasteiger partial charge in [-0.15, -0.1) is 0 Å². The largest absolute Gasteiger partial charge is 0.324 e. The minimum absolute atomic E-state index is 0.182. The first kappa shape index (κ1) is 31.9. The van der Waals surface area contributed by atoms with Crippen LogP contribution in [0.3, 0.4) is 0 Å². The first-order chi connectivity index (χ1) is 20.2. The van der Waals surface area contributed by atoms with Crippen molar-refractivity contribution < 1.29 is 16.8 Å². The van der Waals surface area contributed by atoms with Crippen molar-refractivity contribution in [3.8, 4) is 0 Å². The summed E-state index contributed by atoms with van der Waals surface area (Å²) in [7, 11) is -6.63. The molecule has 0 amide bonds. The molecule has 3 N–H and O–H groups in total. The van der Waals surface area contributed by atoms with Gasteiger partial charge in [0.05, 0.1) is 21.2 Å². The highest BCUT2D eigenvalue weighted by Gasteiger charge is 2.10. The molecule has 0 saturated carbocycles. The number of rotatable bonds is 10. The monoisotopic (exact) mass is 659 g/mol. The van der Waals surface area contributed by atoms with Gasteiger partial charge in [-0.2, -0.15) is 20.2 Å². The van der Waals surface area contributed by atoms with Crippen LogP contribution in [0, 0.1) is 0 Å². The third kappa shape index (κ3) is 8.97. The maximum Gasteiger partial charge on any atom is 0.231 e. The number of halogens is 2. The third-order valence-electron chi connectivity index (χ3n) is 5.92. The maximum absolute atomic E-state index is 11.8. The van der Waals surface area contributed by atoms with E-state index < -0.39 is 19.7 Å². The fourth-order valence-electron chi connectivity index (χ4n) is 3.67. The molecule has 15 heteroatoms. The molecule has 1 aromatic heterocycles. The van der Waals surface area contributed by atoms with Crippen LogP contribution in [0.2, 0.25) is 10.0 Å². The fourth-order valence-corrected chi connectivity index (χ4v) is 5.46. The minimum atomic E-state index is -3.32. The summed E-state index contributed by atoms with van der Waals surface area (Å²) in [6.45, 7) is 3.53. The van der Waals surface area contributed by atoms with Gasteiger partial charge in [0.25, 0.3) is 0 Å². The van der Waals surface area contributed by atoms with Crippen molar-refractivity contribution in [1.82, 2.24) is 9.97 Å². The van der Waals surface area contributed by atoms with Crippen molar-refractivity contribution in [2.24, 2.45) is 10.2 Å². The lowest BCUT2D eigenvalue weighted by Crippen LogP contribution is -2.07. The highest BCUT2D eigenvalue weighted by molar-refractivity contribution is 7.91. The van der Waals surface area contributed by atoms with Gasteiger partial charge in [-0.3, -0.25) is 10.9 Å². The van der Waals surface area contributed by atoms with Crippen LogP contribution in [-0.2, 0) is 19.7 Å². The SMILES string of the molecule is CC(=NNc1cc(NN=C(C)c2ccc(S(C)(=O)=O)cc2)nc(Nc2cc(Cl)cc(Cl)c2)n1)c1ccc(S(C)(=O)=O)cc1. The lowest BCUT2D eigenvalue weighted by atomic mass is 10.1. The smallest absolute Gasteiger partial charge is 0.231 e. The lowest BCUT2D eigenvalue weighted by Gasteiger charge is -2.11. The van der Waals surface area contributed by atoms with Crippen LogP contribution >= 0.6 is 23.2 Å². The zero-order valence-corrected chi connectivity index (χ0v) is 26.6. The molecule has 0 bridgehead atoms. The van der Waals surface area contributed by atoms with E-state index in [-0.39, 0.29) is 15.7 Å². The van der Waals surface area contributed by atoms with Crippen molar-refractivity contribution >= 4 is 77.6 Å². The Bertz CT molecular complexity index is 1800. The first-order valence-electron chi connectivity index (χ1n) is 12.5. The average Bonchev–Trinajstić information content (AvgIpc) is 2.93. The molecule has 0 saturated heterocycles. The number of nitrogens with one attached hydrogen (secondary N) is 3. The van der Waals surface area contributed by atoms with Crippen LogP contribution in [0.15, 0.2) is 92.8 Å². The summed E-state index contributed by atoms with van der Waals surface area (Å²) in [5.74, 6) is 0.803. The normalized spacial score (nSPS) is 12.6. The molecule has 0 atom stereocenters. The van der Waals surface area contributed by atoms with E-state index in [9.17, 15) is 16.8 Å². The van der Waals surface area contributed by atoms with Gasteiger partial charge in [0, 0.05) is 34.3 Å². The van der Waals surface area contributed by atoms with Gasteiger partial charge >= 0.3 is 0 Å². The first-order valence-corrected chi connectivity index (χ1v) is 17.0. The number of anilines is 4. The molecule has 4 aromatic rings. The summed E-state index contributed by atoms with van der Waals surface area (Å²) in [6, 6.07) is 19.2. The van der Waals surface area contributed by atoms with Gasteiger partial charge in [0.1, 0.15) is 0 Å². The van der Waals surface area contributed by atoms with Gasteiger partial charge in [-0.1, -0.05) is 47.5 Å². The number of benzene rings is 3. The second-order valence-corrected chi connectivity index (χ2v) is 14.4. The second kappa shape index (κ2) is 13.1. The Kier molecular flexibility index (Phi) is 9.70. The minimum Gasteiger partial charge on any atom is -0.324 e. The summed E-state index contributed by atoms with van der Waals surface area (Å²) < 4.78 is 47.1. The second-order valence-electron chi connectivity index (χ2n) is 9.46. The highest BCUT2D eigenvalue weighted by atomic mass is 35.5. The summed E-state index contributed by atoms with van der Waals surface area (Å²) >= 11 is 12.3. The standard InChI is InChI=1S/C28H27Cl2N7O4S2/c1-17(19-5-9-24(10-6-19)42(3,38)39)34-36-26-16-27(33-28(32-26)31-23-14-21(29)13-22(30)15-23)37-35-18(2)20-7-11-25(12-8-20)43(4,40)41/h5-16H,1-4H3,(H3,31,32,33,36,37). The van der Waals surface area contributed by atoms with Crippen molar-refractivity contribution in [1.29, 1.82) is 0 Å². The van der Waals surface area contributed by atoms with Crippen LogP contribution in [0.1, 0.15) is 25.0 Å². The van der Waals surface area contributed by atoms with Crippen LogP contribution in [0.4, 0.5) is 23.3 Å². The quantitative estimate of drug-likeness (QED) is 0.137. The van der Waals surface area contributed by atoms with Crippen molar-refractivity contribution in [3.63, 3.8) is 0 Å². The summed E-state index contributed by atoms with van der Waals surface area (Å²) in [6.07, 6.45) is 2.29. The van der Waals surface area contributed by atoms with Gasteiger partial charge in [0.15, 0.2) is 31.3 Å². The van der Waals surface area contributed by atoms with E-state index in [1.54, 1.807) is 62.4 Å². The van der Waals surface area contributed by atoms with Crippen LogP contribution in [0.25, 0.3) is 0 Å². The predicted molar refractivity (Wildman–Crippen MR) is 173 cm³/mol. The summed E-state index contributed by atoms with van der Waals surface area (Å²) in [5, 5.41) is 12.7. The van der Waals surface area contributed by atoms with E-state index in [1.165, 1.54) is 24.3 Å². The molecule has 0 spiro atoms. The zero-order chi connectivity index (χ0) is 31.4. The Balaban J connectivity index is 1.61. The average molecular weight is 661 g/mol. The van der Waals surface area contributed by atoms with E-state index in [0.717, 1.165) is 12.5 Å². The maximum atomic E-state index is 11.8. The van der Waals surface area contributed by atoms with Gasteiger partial charge in [0.2, 0.25) is 5.95 Å². The molecule has 0 fully saturated rings. The Morgan fingerprint density at radius 3 is 1.42 bits per heavy atom. The summed E-state index contributed by atoms with van der Waals surface area (Å²) in [4.78, 5) is 9.35. The molecule has 0 radical (unpaired) electrons. The van der Waals surface area contributed by atoms with Crippen LogP contribution < -0.4 is 16.2 Å². The third-order valence-corrected chi connectivity index (χ3v) is 8.62. The number of aromatic nitrogens is 2. The van der Waals surface area contributed by atoms with Crippen molar-refractivity contribution in [2.45, 2.75) is 23.6 Å². The molecular formula is C28H27Cl2N7O4S2. The fraction of sp³-hybridized carbons (Fsp3) is 0.143. The zero-order valence-electron chi connectivity index (χ0n) is 23.4. The highest BCUT2D eigenvalue weighted by Crippen LogP contribution is 2.25. The van der Waals surface area contributed by atoms with Gasteiger partial charge < -0.3 is 5.32 Å². The molecule has 3 aromatic carbocycles.